The lowest BCUT2D eigenvalue weighted by molar-refractivity contribution is 0.0600. The second-order valence-corrected chi connectivity index (χ2v) is 4.34. The zero-order valence-electron chi connectivity index (χ0n) is 11.7. The van der Waals surface area contributed by atoms with Crippen LogP contribution in [0.25, 0.3) is 5.65 Å². The molecule has 0 atom stereocenters. The van der Waals surface area contributed by atoms with Crippen LogP contribution in [0.2, 0.25) is 0 Å². The Morgan fingerprint density at radius 2 is 2.09 bits per heavy atom. The molecule has 0 bridgehead atoms. The van der Waals surface area contributed by atoms with Crippen LogP contribution >= 0.6 is 0 Å². The van der Waals surface area contributed by atoms with Gasteiger partial charge in [0.25, 0.3) is 0 Å². The van der Waals surface area contributed by atoms with Crippen molar-refractivity contribution < 1.29 is 9.53 Å². The number of carbonyl (C=O) groups excluding carboxylic acids is 1. The lowest BCUT2D eigenvalue weighted by Gasteiger charge is -2.00. The minimum Gasteiger partial charge on any atom is -0.465 e. The summed E-state index contributed by atoms with van der Waals surface area (Å²) in [6, 6.07) is 10.4. The second kappa shape index (κ2) is 6.00. The first-order chi connectivity index (χ1) is 10.8. The molecule has 0 radical (unpaired) electrons. The third kappa shape index (κ3) is 2.90. The highest BCUT2D eigenvalue weighted by Crippen LogP contribution is 2.06. The van der Waals surface area contributed by atoms with Crippen molar-refractivity contribution in [3.63, 3.8) is 0 Å². The van der Waals surface area contributed by atoms with Gasteiger partial charge in [0.05, 0.1) is 18.9 Å². The van der Waals surface area contributed by atoms with Crippen LogP contribution in [-0.4, -0.2) is 39.1 Å². The van der Waals surface area contributed by atoms with Crippen LogP contribution in [0.1, 0.15) is 15.9 Å². The standard InChI is InChI=1S/C14H12N6O2/c1-22-14(21)11-4-2-10(3-5-11)8-15-17-12-6-7-13-18-16-9-20(13)19-12/h2-9H,1H3,(H,17,19)/b15-8+. The summed E-state index contributed by atoms with van der Waals surface area (Å²) in [4.78, 5) is 11.3. The van der Waals surface area contributed by atoms with E-state index >= 15 is 0 Å². The van der Waals surface area contributed by atoms with Crippen molar-refractivity contribution in [2.75, 3.05) is 12.5 Å². The lowest BCUT2D eigenvalue weighted by atomic mass is 10.1. The Bertz CT molecular complexity index is 825. The van der Waals surface area contributed by atoms with Gasteiger partial charge in [-0.05, 0) is 29.8 Å². The summed E-state index contributed by atoms with van der Waals surface area (Å²) >= 11 is 0. The summed E-state index contributed by atoms with van der Waals surface area (Å²) in [5.74, 6) is 0.197. The number of hydrogen-bond acceptors (Lipinski definition) is 7. The molecule has 0 aliphatic carbocycles. The summed E-state index contributed by atoms with van der Waals surface area (Å²) in [6.45, 7) is 0. The fourth-order valence-corrected chi connectivity index (χ4v) is 1.78. The predicted octanol–water partition coefficient (Wildman–Crippen LogP) is 1.36. The zero-order valence-corrected chi connectivity index (χ0v) is 11.7. The molecule has 0 aliphatic heterocycles. The highest BCUT2D eigenvalue weighted by molar-refractivity contribution is 5.90. The minimum atomic E-state index is -0.368. The topological polar surface area (TPSA) is 93.8 Å². The van der Waals surface area contributed by atoms with E-state index in [4.69, 9.17) is 0 Å². The molecule has 0 aliphatic rings. The van der Waals surface area contributed by atoms with Gasteiger partial charge in [-0.1, -0.05) is 12.1 Å². The van der Waals surface area contributed by atoms with Gasteiger partial charge in [-0.2, -0.15) is 9.62 Å². The Kier molecular flexibility index (Phi) is 3.73. The smallest absolute Gasteiger partial charge is 0.337 e. The fraction of sp³-hybridized carbons (Fsp3) is 0.0714. The molecule has 8 nitrogen and oxygen atoms in total. The van der Waals surface area contributed by atoms with Crippen molar-refractivity contribution in [1.82, 2.24) is 19.8 Å². The second-order valence-electron chi connectivity index (χ2n) is 4.34. The number of nitrogens with one attached hydrogen (secondary N) is 1. The molecular formula is C14H12N6O2. The van der Waals surface area contributed by atoms with E-state index in [9.17, 15) is 4.79 Å². The number of aromatic nitrogens is 4. The molecule has 22 heavy (non-hydrogen) atoms. The molecule has 110 valence electrons. The van der Waals surface area contributed by atoms with Crippen molar-refractivity contribution in [3.8, 4) is 0 Å². The van der Waals surface area contributed by atoms with E-state index in [0.717, 1.165) is 5.56 Å². The summed E-state index contributed by atoms with van der Waals surface area (Å²) in [5, 5.41) is 15.9. The third-order valence-electron chi connectivity index (χ3n) is 2.89. The quantitative estimate of drug-likeness (QED) is 0.444. The number of methoxy groups -OCH3 is 1. The van der Waals surface area contributed by atoms with Crippen molar-refractivity contribution in [1.29, 1.82) is 0 Å². The maximum Gasteiger partial charge on any atom is 0.337 e. The largest absolute Gasteiger partial charge is 0.465 e. The summed E-state index contributed by atoms with van der Waals surface area (Å²) in [5.41, 5.74) is 4.81. The van der Waals surface area contributed by atoms with Crippen molar-refractivity contribution >= 4 is 23.6 Å². The summed E-state index contributed by atoms with van der Waals surface area (Å²) in [6.07, 6.45) is 3.13. The first kappa shape index (κ1) is 13.7. The van der Waals surface area contributed by atoms with E-state index < -0.39 is 0 Å². The highest BCUT2D eigenvalue weighted by Gasteiger charge is 2.03. The van der Waals surface area contributed by atoms with Crippen LogP contribution in [-0.2, 0) is 4.74 Å². The number of hydrazone groups is 1. The highest BCUT2D eigenvalue weighted by atomic mass is 16.5. The number of carbonyl (C=O) groups is 1. The van der Waals surface area contributed by atoms with E-state index in [1.54, 1.807) is 47.1 Å². The van der Waals surface area contributed by atoms with Crippen molar-refractivity contribution in [2.24, 2.45) is 5.10 Å². The number of esters is 1. The van der Waals surface area contributed by atoms with Gasteiger partial charge in [0.15, 0.2) is 11.5 Å². The summed E-state index contributed by atoms with van der Waals surface area (Å²) in [7, 11) is 1.35. The van der Waals surface area contributed by atoms with Gasteiger partial charge >= 0.3 is 5.97 Å². The zero-order chi connectivity index (χ0) is 15.4. The van der Waals surface area contributed by atoms with Gasteiger partial charge in [0.1, 0.15) is 6.33 Å². The van der Waals surface area contributed by atoms with E-state index in [1.165, 1.54) is 13.4 Å². The Balaban J connectivity index is 1.67. The minimum absolute atomic E-state index is 0.368. The van der Waals surface area contributed by atoms with Gasteiger partial charge in [-0.15, -0.1) is 15.3 Å². The average molecular weight is 296 g/mol. The number of benzene rings is 1. The Hall–Kier alpha value is -3.29. The molecule has 3 rings (SSSR count). The SMILES string of the molecule is COC(=O)c1ccc(/C=N/Nc2ccc3nncn3n2)cc1. The molecule has 0 unspecified atom stereocenters. The molecule has 8 heteroatoms. The molecule has 0 fully saturated rings. The number of nitrogens with zero attached hydrogens (tertiary/aromatic N) is 5. The average Bonchev–Trinajstić information content (AvgIpc) is 3.02. The molecule has 3 aromatic rings. The maximum atomic E-state index is 11.3. The predicted molar refractivity (Wildman–Crippen MR) is 79.8 cm³/mol. The number of fused-ring (bicyclic) bond motifs is 1. The van der Waals surface area contributed by atoms with Crippen LogP contribution in [0.5, 0.6) is 0 Å². The van der Waals surface area contributed by atoms with Gasteiger partial charge < -0.3 is 4.74 Å². The molecule has 0 amide bonds. The van der Waals surface area contributed by atoms with E-state index in [2.05, 4.69) is 30.6 Å². The van der Waals surface area contributed by atoms with Gasteiger partial charge in [0.2, 0.25) is 0 Å². The van der Waals surface area contributed by atoms with Crippen LogP contribution in [0, 0.1) is 0 Å². The maximum absolute atomic E-state index is 11.3. The third-order valence-corrected chi connectivity index (χ3v) is 2.89. The van der Waals surface area contributed by atoms with E-state index in [-0.39, 0.29) is 5.97 Å². The van der Waals surface area contributed by atoms with Crippen LogP contribution in [0.4, 0.5) is 5.82 Å². The van der Waals surface area contributed by atoms with Crippen LogP contribution in [0.15, 0.2) is 47.8 Å². The van der Waals surface area contributed by atoms with E-state index in [1.807, 2.05) is 0 Å². The molecule has 0 saturated heterocycles. The number of ether oxygens (including phenoxy) is 1. The summed E-state index contributed by atoms with van der Waals surface area (Å²) < 4.78 is 6.18. The first-order valence-electron chi connectivity index (χ1n) is 6.41. The van der Waals surface area contributed by atoms with Crippen LogP contribution < -0.4 is 5.43 Å². The number of anilines is 1. The molecule has 0 spiro atoms. The van der Waals surface area contributed by atoms with Gasteiger partial charge in [-0.3, -0.25) is 5.43 Å². The van der Waals surface area contributed by atoms with Crippen LogP contribution in [0.3, 0.4) is 0 Å². The Labute approximate surface area is 125 Å². The van der Waals surface area contributed by atoms with Gasteiger partial charge in [0, 0.05) is 0 Å². The molecule has 1 aromatic carbocycles. The number of hydrogen-bond donors (Lipinski definition) is 1. The molecular weight excluding hydrogens is 284 g/mol. The molecule has 0 saturated carbocycles. The molecule has 1 N–H and O–H groups in total. The normalized spacial score (nSPS) is 11.0. The molecule has 2 heterocycles. The fourth-order valence-electron chi connectivity index (χ4n) is 1.78. The Morgan fingerprint density at radius 3 is 2.86 bits per heavy atom. The van der Waals surface area contributed by atoms with Crippen molar-refractivity contribution in [3.05, 3.63) is 53.9 Å². The molecule has 2 aromatic heterocycles. The van der Waals surface area contributed by atoms with Crippen molar-refractivity contribution in [2.45, 2.75) is 0 Å². The number of rotatable bonds is 4. The van der Waals surface area contributed by atoms with E-state index in [0.29, 0.717) is 17.0 Å². The Morgan fingerprint density at radius 1 is 1.27 bits per heavy atom. The first-order valence-corrected chi connectivity index (χ1v) is 6.41. The van der Waals surface area contributed by atoms with Gasteiger partial charge in [-0.25, -0.2) is 4.79 Å². The lowest BCUT2D eigenvalue weighted by Crippen LogP contribution is -2.01. The monoisotopic (exact) mass is 296 g/mol.